The third-order valence-electron chi connectivity index (χ3n) is 2.55. The summed E-state index contributed by atoms with van der Waals surface area (Å²) in [5, 5.41) is 22.1. The molecule has 1 heterocycles. The van der Waals surface area contributed by atoms with E-state index < -0.39 is 18.2 Å². The molecule has 15 heavy (non-hydrogen) atoms. The highest BCUT2D eigenvalue weighted by Gasteiger charge is 2.45. The van der Waals surface area contributed by atoms with Gasteiger partial charge in [-0.1, -0.05) is 13.3 Å². The lowest BCUT2D eigenvalue weighted by Crippen LogP contribution is -2.40. The van der Waals surface area contributed by atoms with Gasteiger partial charge in [0, 0.05) is 6.04 Å². The molecule has 1 fully saturated rings. The predicted molar refractivity (Wildman–Crippen MR) is 54.3 cm³/mol. The second-order valence-corrected chi connectivity index (χ2v) is 3.78. The van der Waals surface area contributed by atoms with Gasteiger partial charge in [-0.05, 0) is 13.3 Å². The van der Waals surface area contributed by atoms with E-state index in [2.05, 4.69) is 10.1 Å². The van der Waals surface area contributed by atoms with E-state index >= 15 is 0 Å². The van der Waals surface area contributed by atoms with E-state index in [9.17, 15) is 15.0 Å². The van der Waals surface area contributed by atoms with Crippen molar-refractivity contribution in [1.82, 2.24) is 5.32 Å². The lowest BCUT2D eigenvalue weighted by atomic mass is 10.1. The van der Waals surface area contributed by atoms with Gasteiger partial charge in [0.2, 0.25) is 0 Å². The first-order chi connectivity index (χ1) is 7.11. The molecule has 3 N–H and O–H groups in total. The van der Waals surface area contributed by atoms with Crippen LogP contribution in [0.25, 0.3) is 0 Å². The SMILES string of the molecule is CCC[C@H]1N[C@@H]1[C@H](O)[C@@H](O)C(=O)OCC. The average Bonchev–Trinajstić information content (AvgIpc) is 2.96. The van der Waals surface area contributed by atoms with Crippen molar-refractivity contribution in [3.05, 3.63) is 0 Å². The van der Waals surface area contributed by atoms with Crippen LogP contribution in [0.2, 0.25) is 0 Å². The number of aliphatic hydroxyl groups excluding tert-OH is 2. The lowest BCUT2D eigenvalue weighted by Gasteiger charge is -2.15. The first-order valence-corrected chi connectivity index (χ1v) is 5.40. The van der Waals surface area contributed by atoms with Gasteiger partial charge in [-0.15, -0.1) is 0 Å². The summed E-state index contributed by atoms with van der Waals surface area (Å²) in [5.74, 6) is -0.756. The summed E-state index contributed by atoms with van der Waals surface area (Å²) in [6.45, 7) is 3.91. The minimum Gasteiger partial charge on any atom is -0.464 e. The summed E-state index contributed by atoms with van der Waals surface area (Å²) < 4.78 is 4.62. The highest BCUT2D eigenvalue weighted by Crippen LogP contribution is 2.22. The van der Waals surface area contributed by atoms with Crippen LogP contribution in [0.4, 0.5) is 0 Å². The molecule has 0 amide bonds. The van der Waals surface area contributed by atoms with Crippen LogP contribution in [0.15, 0.2) is 0 Å². The number of hydrogen-bond acceptors (Lipinski definition) is 5. The molecular formula is C10H19NO4. The molecule has 1 aliphatic heterocycles. The van der Waals surface area contributed by atoms with E-state index in [1.807, 2.05) is 6.92 Å². The van der Waals surface area contributed by atoms with Crippen molar-refractivity contribution in [3.8, 4) is 0 Å². The van der Waals surface area contributed by atoms with Crippen molar-refractivity contribution >= 4 is 5.97 Å². The zero-order valence-corrected chi connectivity index (χ0v) is 9.14. The Morgan fingerprint density at radius 3 is 2.67 bits per heavy atom. The van der Waals surface area contributed by atoms with E-state index in [-0.39, 0.29) is 18.7 Å². The summed E-state index contributed by atoms with van der Waals surface area (Å²) in [6.07, 6.45) is -0.557. The summed E-state index contributed by atoms with van der Waals surface area (Å²) >= 11 is 0. The quantitative estimate of drug-likeness (QED) is 0.409. The third kappa shape index (κ3) is 3.15. The molecule has 88 valence electrons. The topological polar surface area (TPSA) is 88.7 Å². The predicted octanol–water partition coefficient (Wildman–Crippen LogP) is -0.588. The van der Waals surface area contributed by atoms with Crippen molar-refractivity contribution in [3.63, 3.8) is 0 Å². The number of carbonyl (C=O) groups excluding carboxylic acids is 1. The average molecular weight is 217 g/mol. The van der Waals surface area contributed by atoms with Crippen molar-refractivity contribution in [2.45, 2.75) is 51.0 Å². The zero-order valence-electron chi connectivity index (χ0n) is 9.14. The van der Waals surface area contributed by atoms with Crippen LogP contribution in [0.3, 0.4) is 0 Å². The minimum atomic E-state index is -1.44. The number of ether oxygens (including phenoxy) is 1. The Bertz CT molecular complexity index is 221. The molecule has 0 unspecified atom stereocenters. The van der Waals surface area contributed by atoms with E-state index in [4.69, 9.17) is 0 Å². The largest absolute Gasteiger partial charge is 0.464 e. The molecule has 0 aromatic heterocycles. The van der Waals surface area contributed by atoms with Gasteiger partial charge in [0.15, 0.2) is 6.10 Å². The summed E-state index contributed by atoms with van der Waals surface area (Å²) in [4.78, 5) is 11.1. The van der Waals surface area contributed by atoms with Gasteiger partial charge < -0.3 is 20.3 Å². The number of aliphatic hydroxyl groups is 2. The molecule has 1 aliphatic rings. The van der Waals surface area contributed by atoms with Gasteiger partial charge in [0.1, 0.15) is 6.10 Å². The summed E-state index contributed by atoms with van der Waals surface area (Å²) in [7, 11) is 0. The molecule has 0 saturated carbocycles. The lowest BCUT2D eigenvalue weighted by molar-refractivity contribution is -0.159. The Labute approximate surface area is 89.4 Å². The molecule has 0 aromatic rings. The van der Waals surface area contributed by atoms with Crippen molar-refractivity contribution in [1.29, 1.82) is 0 Å². The van der Waals surface area contributed by atoms with E-state index in [0.29, 0.717) is 0 Å². The molecule has 0 aliphatic carbocycles. The molecular weight excluding hydrogens is 198 g/mol. The smallest absolute Gasteiger partial charge is 0.337 e. The van der Waals surface area contributed by atoms with Crippen molar-refractivity contribution in [2.24, 2.45) is 0 Å². The van der Waals surface area contributed by atoms with Crippen LogP contribution in [0.5, 0.6) is 0 Å². The highest BCUT2D eigenvalue weighted by atomic mass is 16.5. The maximum atomic E-state index is 11.1. The Morgan fingerprint density at radius 1 is 1.47 bits per heavy atom. The fourth-order valence-corrected chi connectivity index (χ4v) is 1.67. The summed E-state index contributed by atoms with van der Waals surface area (Å²) in [6, 6.07) is 0.0402. The number of carbonyl (C=O) groups is 1. The van der Waals surface area contributed by atoms with Gasteiger partial charge in [-0.3, -0.25) is 0 Å². The van der Waals surface area contributed by atoms with Gasteiger partial charge >= 0.3 is 5.97 Å². The molecule has 5 heteroatoms. The first kappa shape index (κ1) is 12.4. The van der Waals surface area contributed by atoms with Crippen LogP contribution in [-0.4, -0.2) is 47.1 Å². The van der Waals surface area contributed by atoms with E-state index in [0.717, 1.165) is 12.8 Å². The Balaban J connectivity index is 2.34. The minimum absolute atomic E-state index is 0.177. The third-order valence-corrected chi connectivity index (χ3v) is 2.55. The van der Waals surface area contributed by atoms with Crippen LogP contribution in [0, 0.1) is 0 Å². The van der Waals surface area contributed by atoms with Crippen molar-refractivity contribution in [2.75, 3.05) is 6.61 Å². The molecule has 0 radical (unpaired) electrons. The van der Waals surface area contributed by atoms with Crippen LogP contribution in [-0.2, 0) is 9.53 Å². The zero-order chi connectivity index (χ0) is 11.4. The van der Waals surface area contributed by atoms with E-state index in [1.54, 1.807) is 6.92 Å². The molecule has 0 aromatic carbocycles. The maximum Gasteiger partial charge on any atom is 0.337 e. The molecule has 5 nitrogen and oxygen atoms in total. The fraction of sp³-hybridized carbons (Fsp3) is 0.900. The Kier molecular flexibility index (Phi) is 4.50. The van der Waals surface area contributed by atoms with Gasteiger partial charge in [0.25, 0.3) is 0 Å². The molecule has 1 rings (SSSR count). The van der Waals surface area contributed by atoms with E-state index in [1.165, 1.54) is 0 Å². The van der Waals surface area contributed by atoms with Crippen LogP contribution in [0.1, 0.15) is 26.7 Å². The molecule has 1 saturated heterocycles. The monoisotopic (exact) mass is 217 g/mol. The number of nitrogens with one attached hydrogen (secondary N) is 1. The molecule has 0 spiro atoms. The second kappa shape index (κ2) is 5.44. The number of esters is 1. The maximum absolute atomic E-state index is 11.1. The first-order valence-electron chi connectivity index (χ1n) is 5.40. The summed E-state index contributed by atoms with van der Waals surface area (Å²) in [5.41, 5.74) is 0. The standard InChI is InChI=1S/C10H19NO4/c1-3-5-6-7(11-6)8(12)9(13)10(14)15-4-2/h6-9,11-13H,3-5H2,1-2H3/t6-,7+,8+,9-/m1/s1. The van der Waals surface area contributed by atoms with Gasteiger partial charge in [-0.2, -0.15) is 0 Å². The van der Waals surface area contributed by atoms with Gasteiger partial charge in [-0.25, -0.2) is 4.79 Å². The Hall–Kier alpha value is -0.650. The number of hydrogen-bond donors (Lipinski definition) is 3. The fourth-order valence-electron chi connectivity index (χ4n) is 1.67. The molecule has 4 atom stereocenters. The highest BCUT2D eigenvalue weighted by molar-refractivity contribution is 5.75. The second-order valence-electron chi connectivity index (χ2n) is 3.78. The van der Waals surface area contributed by atoms with Crippen LogP contribution >= 0.6 is 0 Å². The van der Waals surface area contributed by atoms with Crippen molar-refractivity contribution < 1.29 is 19.7 Å². The Morgan fingerprint density at radius 2 is 2.13 bits per heavy atom. The van der Waals surface area contributed by atoms with Gasteiger partial charge in [0.05, 0.1) is 12.6 Å². The normalized spacial score (nSPS) is 28.3. The van der Waals surface area contributed by atoms with Crippen LogP contribution < -0.4 is 5.32 Å². The number of rotatable bonds is 6. The molecule has 0 bridgehead atoms.